The Morgan fingerprint density at radius 3 is 0.652 bits per heavy atom. The summed E-state index contributed by atoms with van der Waals surface area (Å²) >= 11 is 12.3. The van der Waals surface area contributed by atoms with Crippen molar-refractivity contribution >= 4 is 47.8 Å². The van der Waals surface area contributed by atoms with E-state index in [4.69, 9.17) is 0 Å². The maximum absolute atomic E-state index is 4.09. The smallest absolute Gasteiger partial charge is 0.0619 e. The van der Waals surface area contributed by atoms with E-state index < -0.39 is 16.2 Å². The molecule has 0 saturated carbocycles. The maximum atomic E-state index is 4.09. The van der Waals surface area contributed by atoms with Gasteiger partial charge in [-0.15, -0.1) is 0 Å². The first-order valence-electron chi connectivity index (χ1n) is 22.7. The molecule has 0 heterocycles. The van der Waals surface area contributed by atoms with Crippen molar-refractivity contribution in [2.45, 2.75) is 16.2 Å². The lowest BCUT2D eigenvalue weighted by molar-refractivity contribution is 0.763. The lowest BCUT2D eigenvalue weighted by Gasteiger charge is -2.37. The topological polar surface area (TPSA) is 0 Å². The van der Waals surface area contributed by atoms with Crippen LogP contribution in [0.5, 0.6) is 0 Å². The second-order valence-electron chi connectivity index (χ2n) is 18.8. The monoisotopic (exact) mass is 1030 g/mol. The van der Waals surface area contributed by atoms with Crippen molar-refractivity contribution in [1.82, 2.24) is 0 Å². The van der Waals surface area contributed by atoms with Gasteiger partial charge in [-0.3, -0.25) is 0 Å². The normalized spacial score (nSPS) is 15.9. The van der Waals surface area contributed by atoms with Crippen molar-refractivity contribution in [3.63, 3.8) is 0 Å². The minimum atomic E-state index is -0.636. The molecule has 6 aliphatic rings. The standard InChI is InChI=1S/C63H33Br3/c64-34-25-28-43-52(31-34)61(46-19-7-1-13-37(46)38-14-2-8-20-47(38)61)58-55(43)59-57(45-30-27-36(66)33-54(45)63(59)50-23-11-5-17-41(50)42-18-6-12-24-51(42)63)60-56(58)44-29-26-35(65)32-53(44)62(60)48-21-9-3-15-39(48)40-16-4-10-22-49(40)62/h1-33H. The number of hydrogen-bond acceptors (Lipinski definition) is 0. The number of benzene rings is 10. The van der Waals surface area contributed by atoms with Crippen molar-refractivity contribution in [2.24, 2.45) is 0 Å². The molecule has 0 aliphatic heterocycles. The lowest BCUT2D eigenvalue weighted by atomic mass is 9.63. The number of fused-ring (bicyclic) bond motifs is 33. The minimum Gasteiger partial charge on any atom is -0.0619 e. The Morgan fingerprint density at radius 2 is 0.424 bits per heavy atom. The largest absolute Gasteiger partial charge is 0.0732 e. The van der Waals surface area contributed by atoms with Crippen LogP contribution < -0.4 is 0 Å². The van der Waals surface area contributed by atoms with E-state index in [-0.39, 0.29) is 0 Å². The Morgan fingerprint density at radius 1 is 0.212 bits per heavy atom. The van der Waals surface area contributed by atoms with Crippen LogP contribution in [0.3, 0.4) is 0 Å². The predicted molar refractivity (Wildman–Crippen MR) is 278 cm³/mol. The third kappa shape index (κ3) is 3.87. The molecule has 0 bridgehead atoms. The molecular formula is C63H33Br3. The van der Waals surface area contributed by atoms with Crippen LogP contribution in [-0.4, -0.2) is 0 Å². The highest BCUT2D eigenvalue weighted by Gasteiger charge is 2.64. The third-order valence-electron chi connectivity index (χ3n) is 16.4. The fraction of sp³-hybridized carbons (Fsp3) is 0.0476. The number of halogens is 3. The average Bonchev–Trinajstić information content (AvgIpc) is 4.15. The van der Waals surface area contributed by atoms with E-state index in [9.17, 15) is 0 Å². The molecule has 16 rings (SSSR count). The van der Waals surface area contributed by atoms with Crippen LogP contribution >= 0.6 is 47.8 Å². The molecule has 0 atom stereocenters. The first-order valence-corrected chi connectivity index (χ1v) is 25.1. The van der Waals surface area contributed by atoms with Gasteiger partial charge in [-0.2, -0.15) is 0 Å². The van der Waals surface area contributed by atoms with Crippen LogP contribution in [0.15, 0.2) is 214 Å². The van der Waals surface area contributed by atoms with Crippen LogP contribution in [0, 0.1) is 0 Å². The zero-order valence-corrected chi connectivity index (χ0v) is 39.9. The summed E-state index contributed by atoms with van der Waals surface area (Å²) in [7, 11) is 0. The van der Waals surface area contributed by atoms with Gasteiger partial charge in [0.1, 0.15) is 0 Å². The van der Waals surface area contributed by atoms with E-state index in [1.807, 2.05) is 0 Å². The third-order valence-corrected chi connectivity index (χ3v) is 17.9. The highest BCUT2D eigenvalue weighted by Crippen LogP contribution is 2.77. The van der Waals surface area contributed by atoms with E-state index in [1.54, 1.807) is 0 Å². The fourth-order valence-electron chi connectivity index (χ4n) is 14.6. The molecular weight excluding hydrogens is 996 g/mol. The van der Waals surface area contributed by atoms with Gasteiger partial charge >= 0.3 is 0 Å². The van der Waals surface area contributed by atoms with E-state index in [2.05, 4.69) is 248 Å². The molecule has 0 fully saturated rings. The quantitative estimate of drug-likeness (QED) is 0.142. The molecule has 3 spiro atoms. The molecule has 10 aromatic rings. The average molecular weight is 1030 g/mol. The van der Waals surface area contributed by atoms with Gasteiger partial charge in [0.25, 0.3) is 0 Å². The van der Waals surface area contributed by atoms with Gasteiger partial charge in [-0.25, -0.2) is 0 Å². The fourth-order valence-corrected chi connectivity index (χ4v) is 15.7. The molecule has 6 aliphatic carbocycles. The van der Waals surface area contributed by atoms with Crippen LogP contribution in [0.1, 0.15) is 66.8 Å². The Bertz CT molecular complexity index is 3380. The molecule has 0 N–H and O–H groups in total. The number of rotatable bonds is 0. The van der Waals surface area contributed by atoms with Crippen molar-refractivity contribution < 1.29 is 0 Å². The summed E-state index contributed by atoms with van der Waals surface area (Å²) in [6.07, 6.45) is 0. The first kappa shape index (κ1) is 36.8. The second-order valence-corrected chi connectivity index (χ2v) is 21.6. The zero-order valence-electron chi connectivity index (χ0n) is 35.2. The van der Waals surface area contributed by atoms with E-state index in [0.29, 0.717) is 0 Å². The van der Waals surface area contributed by atoms with Crippen molar-refractivity contribution in [1.29, 1.82) is 0 Å². The number of hydrogen-bond donors (Lipinski definition) is 0. The molecule has 66 heavy (non-hydrogen) atoms. The van der Waals surface area contributed by atoms with Crippen molar-refractivity contribution in [3.05, 3.63) is 280 Å². The Kier molecular flexibility index (Phi) is 6.88. The van der Waals surface area contributed by atoms with Gasteiger partial charge in [0.05, 0.1) is 16.2 Å². The zero-order chi connectivity index (χ0) is 43.4. The summed E-state index contributed by atoms with van der Waals surface area (Å²) < 4.78 is 3.25. The SMILES string of the molecule is Brc1ccc2c(c1)C1(c3ccccc3-c3ccccc31)c1c-2c2c(c3c1-c1ccc(Br)cc1C31c3ccccc3-c3ccccc31)-c1ccc(Br)cc1C21c2ccccc2-c2ccccc21. The molecule has 0 amide bonds. The molecule has 3 heteroatoms. The lowest BCUT2D eigenvalue weighted by Crippen LogP contribution is -2.31. The molecule has 0 nitrogen and oxygen atoms in total. The summed E-state index contributed by atoms with van der Waals surface area (Å²) in [5.74, 6) is 0. The first-order chi connectivity index (χ1) is 32.5. The van der Waals surface area contributed by atoms with Gasteiger partial charge in [0, 0.05) is 13.4 Å². The Balaban J connectivity index is 1.25. The van der Waals surface area contributed by atoms with Crippen LogP contribution in [0.25, 0.3) is 66.8 Å². The van der Waals surface area contributed by atoms with E-state index >= 15 is 0 Å². The van der Waals surface area contributed by atoms with Crippen molar-refractivity contribution in [3.8, 4) is 66.8 Å². The highest BCUT2D eigenvalue weighted by atomic mass is 79.9. The summed E-state index contributed by atoms with van der Waals surface area (Å²) in [6.45, 7) is 0. The molecule has 10 aromatic carbocycles. The predicted octanol–water partition coefficient (Wildman–Crippen LogP) is 17.0. The Hall–Kier alpha value is -6.36. The van der Waals surface area contributed by atoms with Crippen LogP contribution in [0.2, 0.25) is 0 Å². The minimum absolute atomic E-state index is 0.636. The van der Waals surface area contributed by atoms with Crippen molar-refractivity contribution in [2.75, 3.05) is 0 Å². The molecule has 0 saturated heterocycles. The summed E-state index contributed by atoms with van der Waals surface area (Å²) in [6, 6.07) is 77.3. The van der Waals surface area contributed by atoms with Crippen LogP contribution in [-0.2, 0) is 16.2 Å². The van der Waals surface area contributed by atoms with Gasteiger partial charge in [0.2, 0.25) is 0 Å². The van der Waals surface area contributed by atoms with E-state index in [1.165, 1.54) is 134 Å². The van der Waals surface area contributed by atoms with Gasteiger partial charge in [-0.1, -0.05) is 212 Å². The summed E-state index contributed by atoms with van der Waals surface area (Å²) in [4.78, 5) is 0. The van der Waals surface area contributed by atoms with Gasteiger partial charge in [0.15, 0.2) is 0 Å². The van der Waals surface area contributed by atoms with Crippen LogP contribution in [0.4, 0.5) is 0 Å². The highest BCUT2D eigenvalue weighted by molar-refractivity contribution is 9.11. The van der Waals surface area contributed by atoms with E-state index in [0.717, 1.165) is 13.4 Å². The second kappa shape index (κ2) is 12.3. The molecule has 306 valence electrons. The summed E-state index contributed by atoms with van der Waals surface area (Å²) in [5, 5.41) is 0. The Labute approximate surface area is 408 Å². The molecule has 0 aromatic heterocycles. The molecule has 0 unspecified atom stereocenters. The summed E-state index contributed by atoms with van der Waals surface area (Å²) in [5.41, 5.74) is 30.2. The maximum Gasteiger partial charge on any atom is 0.0732 e. The van der Waals surface area contributed by atoms with Gasteiger partial charge in [-0.05, 0) is 170 Å². The molecule has 0 radical (unpaired) electrons. The van der Waals surface area contributed by atoms with Gasteiger partial charge < -0.3 is 0 Å².